The molecule has 0 atom stereocenters. The lowest BCUT2D eigenvalue weighted by molar-refractivity contribution is -0.138. The monoisotopic (exact) mass is 214 g/mol. The summed E-state index contributed by atoms with van der Waals surface area (Å²) in [6.07, 6.45) is 3.51. The summed E-state index contributed by atoms with van der Waals surface area (Å²) >= 11 is 0. The molecule has 0 spiro atoms. The normalized spacial score (nSPS) is 9.93. The third-order valence-corrected chi connectivity index (χ3v) is 1.36. The van der Waals surface area contributed by atoms with Crippen molar-refractivity contribution in [1.82, 2.24) is 5.32 Å². The molecule has 84 valence electrons. The van der Waals surface area contributed by atoms with Crippen LogP contribution in [0.2, 0.25) is 0 Å². The molecule has 0 aromatic carbocycles. The second-order valence-corrected chi connectivity index (χ2v) is 2.71. The van der Waals surface area contributed by atoms with Crippen LogP contribution in [0, 0.1) is 0 Å². The van der Waals surface area contributed by atoms with Gasteiger partial charge in [-0.15, -0.1) is 0 Å². The topological polar surface area (TPSA) is 98.5 Å². The van der Waals surface area contributed by atoms with E-state index in [-0.39, 0.29) is 0 Å². The minimum absolute atomic E-state index is 0.317. The second-order valence-electron chi connectivity index (χ2n) is 2.71. The number of nitrogens with one attached hydrogen (secondary N) is 1. The van der Waals surface area contributed by atoms with E-state index < -0.39 is 17.9 Å². The number of esters is 1. The molecule has 0 aromatic heterocycles. The first-order valence-corrected chi connectivity index (χ1v) is 4.51. The molecule has 3 amide bonds. The maximum absolute atomic E-state index is 10.9. The predicted octanol–water partition coefficient (Wildman–Crippen LogP) is 0.0808. The number of primary amides is 1. The fraction of sp³-hybridized carbons (Fsp3) is 0.444. The summed E-state index contributed by atoms with van der Waals surface area (Å²) in [5, 5.41) is 1.77. The molecule has 0 fully saturated rings. The van der Waals surface area contributed by atoms with Crippen LogP contribution < -0.4 is 11.1 Å². The summed E-state index contributed by atoms with van der Waals surface area (Å²) in [5.41, 5.74) is 4.68. The molecular weight excluding hydrogens is 200 g/mol. The van der Waals surface area contributed by atoms with Crippen LogP contribution in [0.15, 0.2) is 12.2 Å². The first kappa shape index (κ1) is 13.2. The van der Waals surface area contributed by atoms with E-state index in [1.807, 2.05) is 6.92 Å². The van der Waals surface area contributed by atoms with E-state index in [1.165, 1.54) is 0 Å². The first-order valence-electron chi connectivity index (χ1n) is 4.51. The van der Waals surface area contributed by atoms with Gasteiger partial charge in [0, 0.05) is 12.2 Å². The Morgan fingerprint density at radius 2 is 2.00 bits per heavy atom. The molecule has 0 aliphatic heterocycles. The Kier molecular flexibility index (Phi) is 6.61. The molecule has 15 heavy (non-hydrogen) atoms. The first-order chi connectivity index (χ1) is 7.06. The lowest BCUT2D eigenvalue weighted by Crippen LogP contribution is -2.33. The molecule has 0 bridgehead atoms. The summed E-state index contributed by atoms with van der Waals surface area (Å²) in [7, 11) is 0. The lowest BCUT2D eigenvalue weighted by atomic mass is 10.4. The summed E-state index contributed by atoms with van der Waals surface area (Å²) < 4.78 is 4.72. The molecular formula is C9H14N2O4. The van der Waals surface area contributed by atoms with E-state index >= 15 is 0 Å². The van der Waals surface area contributed by atoms with Gasteiger partial charge in [0.1, 0.15) is 0 Å². The molecule has 3 N–H and O–H groups in total. The quantitative estimate of drug-likeness (QED) is 0.384. The number of urea groups is 1. The van der Waals surface area contributed by atoms with Gasteiger partial charge in [-0.05, 0) is 6.42 Å². The van der Waals surface area contributed by atoms with Gasteiger partial charge in [0.15, 0.2) is 0 Å². The van der Waals surface area contributed by atoms with Crippen molar-refractivity contribution in [3.63, 3.8) is 0 Å². The SMILES string of the molecule is CCCCOC(=O)/C=C\C(=O)NC(N)=O. The minimum atomic E-state index is -0.969. The highest BCUT2D eigenvalue weighted by atomic mass is 16.5. The maximum Gasteiger partial charge on any atom is 0.330 e. The van der Waals surface area contributed by atoms with E-state index in [0.29, 0.717) is 6.61 Å². The summed E-state index contributed by atoms with van der Waals surface area (Å²) in [6.45, 7) is 2.28. The third kappa shape index (κ3) is 8.48. The van der Waals surface area contributed by atoms with Crippen molar-refractivity contribution in [3.8, 4) is 0 Å². The van der Waals surface area contributed by atoms with Gasteiger partial charge in [-0.1, -0.05) is 13.3 Å². The highest BCUT2D eigenvalue weighted by molar-refractivity contribution is 6.02. The zero-order valence-corrected chi connectivity index (χ0v) is 8.49. The summed E-state index contributed by atoms with van der Waals surface area (Å²) in [5.74, 6) is -1.38. The number of hydrogen-bond acceptors (Lipinski definition) is 4. The smallest absolute Gasteiger partial charge is 0.330 e. The molecule has 0 saturated carbocycles. The van der Waals surface area contributed by atoms with Gasteiger partial charge in [-0.3, -0.25) is 10.1 Å². The van der Waals surface area contributed by atoms with Crippen molar-refractivity contribution >= 4 is 17.9 Å². The third-order valence-electron chi connectivity index (χ3n) is 1.36. The van der Waals surface area contributed by atoms with Crippen LogP contribution in [0.5, 0.6) is 0 Å². The molecule has 0 rings (SSSR count). The summed E-state index contributed by atoms with van der Waals surface area (Å²) in [6, 6.07) is -0.969. The van der Waals surface area contributed by atoms with Gasteiger partial charge in [-0.25, -0.2) is 9.59 Å². The zero-order valence-electron chi connectivity index (χ0n) is 8.49. The van der Waals surface area contributed by atoms with Gasteiger partial charge in [-0.2, -0.15) is 0 Å². The number of unbranched alkanes of at least 4 members (excludes halogenated alkanes) is 1. The minimum Gasteiger partial charge on any atom is -0.463 e. The molecule has 0 radical (unpaired) electrons. The van der Waals surface area contributed by atoms with Crippen molar-refractivity contribution in [2.45, 2.75) is 19.8 Å². The number of hydrogen-bond donors (Lipinski definition) is 2. The van der Waals surface area contributed by atoms with E-state index in [2.05, 4.69) is 5.73 Å². The van der Waals surface area contributed by atoms with Crippen LogP contribution >= 0.6 is 0 Å². The Bertz CT molecular complexity index is 273. The van der Waals surface area contributed by atoms with Gasteiger partial charge >= 0.3 is 12.0 Å². The van der Waals surface area contributed by atoms with Crippen LogP contribution in [-0.4, -0.2) is 24.5 Å². The van der Waals surface area contributed by atoms with Gasteiger partial charge in [0.2, 0.25) is 0 Å². The van der Waals surface area contributed by atoms with E-state index in [0.717, 1.165) is 25.0 Å². The fourth-order valence-corrected chi connectivity index (χ4v) is 0.672. The Morgan fingerprint density at radius 3 is 2.53 bits per heavy atom. The standard InChI is InChI=1S/C9H14N2O4/c1-2-3-6-15-8(13)5-4-7(12)11-9(10)14/h4-5H,2-3,6H2,1H3,(H3,10,11,12,14)/b5-4-. The van der Waals surface area contributed by atoms with Crippen LogP contribution in [0.25, 0.3) is 0 Å². The molecule has 0 unspecified atom stereocenters. The Labute approximate surface area is 87.5 Å². The lowest BCUT2D eigenvalue weighted by Gasteiger charge is -1.98. The number of carbonyl (C=O) groups is 3. The second kappa shape index (κ2) is 7.54. The van der Waals surface area contributed by atoms with Gasteiger partial charge in [0.25, 0.3) is 5.91 Å². The molecule has 0 saturated heterocycles. The fourth-order valence-electron chi connectivity index (χ4n) is 0.672. The van der Waals surface area contributed by atoms with Gasteiger partial charge in [0.05, 0.1) is 6.61 Å². The molecule has 6 nitrogen and oxygen atoms in total. The number of rotatable bonds is 5. The van der Waals surface area contributed by atoms with Crippen LogP contribution in [0.4, 0.5) is 4.79 Å². The van der Waals surface area contributed by atoms with Crippen molar-refractivity contribution < 1.29 is 19.1 Å². The van der Waals surface area contributed by atoms with Crippen molar-refractivity contribution in [2.75, 3.05) is 6.61 Å². The molecule has 0 heterocycles. The molecule has 0 aliphatic rings. The number of nitrogens with two attached hydrogens (primary N) is 1. The number of amides is 3. The molecule has 6 heteroatoms. The molecule has 0 aromatic rings. The van der Waals surface area contributed by atoms with Gasteiger partial charge < -0.3 is 10.5 Å². The summed E-state index contributed by atoms with van der Waals surface area (Å²) in [4.78, 5) is 31.9. The maximum atomic E-state index is 10.9. The average Bonchev–Trinajstić information content (AvgIpc) is 2.14. The van der Waals surface area contributed by atoms with Crippen LogP contribution in [-0.2, 0) is 14.3 Å². The highest BCUT2D eigenvalue weighted by Crippen LogP contribution is 1.89. The van der Waals surface area contributed by atoms with E-state index in [9.17, 15) is 14.4 Å². The van der Waals surface area contributed by atoms with Crippen LogP contribution in [0.1, 0.15) is 19.8 Å². The largest absolute Gasteiger partial charge is 0.463 e. The van der Waals surface area contributed by atoms with Crippen molar-refractivity contribution in [3.05, 3.63) is 12.2 Å². The Hall–Kier alpha value is -1.85. The number of carbonyl (C=O) groups excluding carboxylic acids is 3. The number of ether oxygens (including phenoxy) is 1. The zero-order chi connectivity index (χ0) is 11.7. The number of imide groups is 1. The predicted molar refractivity (Wildman–Crippen MR) is 52.7 cm³/mol. The van der Waals surface area contributed by atoms with E-state index in [4.69, 9.17) is 4.74 Å². The Balaban J connectivity index is 3.79. The highest BCUT2D eigenvalue weighted by Gasteiger charge is 2.01. The average molecular weight is 214 g/mol. The van der Waals surface area contributed by atoms with E-state index in [1.54, 1.807) is 5.32 Å². The Morgan fingerprint density at radius 1 is 1.33 bits per heavy atom. The van der Waals surface area contributed by atoms with Crippen molar-refractivity contribution in [2.24, 2.45) is 5.73 Å². The van der Waals surface area contributed by atoms with Crippen molar-refractivity contribution in [1.29, 1.82) is 0 Å². The molecule has 0 aliphatic carbocycles. The van der Waals surface area contributed by atoms with Crippen LogP contribution in [0.3, 0.4) is 0 Å².